The van der Waals surface area contributed by atoms with E-state index in [4.69, 9.17) is 5.11 Å². The van der Waals surface area contributed by atoms with E-state index in [9.17, 15) is 0 Å². The summed E-state index contributed by atoms with van der Waals surface area (Å²) in [6.45, 7) is 12.8. The van der Waals surface area contributed by atoms with Gasteiger partial charge in [-0.3, -0.25) is 0 Å². The van der Waals surface area contributed by atoms with Crippen molar-refractivity contribution in [2.45, 2.75) is 57.9 Å². The molecule has 0 bridgehead atoms. The highest BCUT2D eigenvalue weighted by atomic mass is 79.9. The summed E-state index contributed by atoms with van der Waals surface area (Å²) in [4.78, 5) is 0. The Bertz CT molecular complexity index is 429. The quantitative estimate of drug-likeness (QED) is 0.750. The van der Waals surface area contributed by atoms with E-state index in [0.717, 1.165) is 17.4 Å². The van der Waals surface area contributed by atoms with Crippen LogP contribution in [0.3, 0.4) is 0 Å². The predicted octanol–water partition coefficient (Wildman–Crippen LogP) is 3.73. The van der Waals surface area contributed by atoms with Gasteiger partial charge in [0, 0.05) is 25.9 Å². The van der Waals surface area contributed by atoms with Crippen LogP contribution in [-0.2, 0) is 13.0 Å². The maximum Gasteiger partial charge on any atom is 0.0587 e. The average Bonchev–Trinajstić information content (AvgIpc) is 2.38. The molecule has 0 saturated carbocycles. The Kier molecular flexibility index (Phi) is 6.92. The van der Waals surface area contributed by atoms with Gasteiger partial charge >= 0.3 is 0 Å². The summed E-state index contributed by atoms with van der Waals surface area (Å²) in [7, 11) is -0.359. The van der Waals surface area contributed by atoms with Gasteiger partial charge in [0.15, 0.2) is 0 Å². The van der Waals surface area contributed by atoms with Crippen molar-refractivity contribution in [1.82, 2.24) is 5.32 Å². The molecule has 114 valence electrons. The van der Waals surface area contributed by atoms with Gasteiger partial charge in [-0.25, -0.2) is 0 Å². The molecule has 1 atom stereocenters. The lowest BCUT2D eigenvalue weighted by Crippen LogP contribution is -2.38. The van der Waals surface area contributed by atoms with Crippen molar-refractivity contribution in [3.8, 4) is 0 Å². The van der Waals surface area contributed by atoms with E-state index in [1.165, 1.54) is 11.1 Å². The first-order valence-corrected chi connectivity index (χ1v) is 11.0. The van der Waals surface area contributed by atoms with Gasteiger partial charge in [0.1, 0.15) is 0 Å². The summed E-state index contributed by atoms with van der Waals surface area (Å²) in [5, 5.41) is 12.9. The summed E-state index contributed by atoms with van der Waals surface area (Å²) in [6.07, 6.45) is 0.910. The summed E-state index contributed by atoms with van der Waals surface area (Å²) in [5.74, 6) is 0. The van der Waals surface area contributed by atoms with Crippen molar-refractivity contribution < 1.29 is 5.11 Å². The molecule has 0 amide bonds. The van der Waals surface area contributed by atoms with Crippen molar-refractivity contribution in [1.29, 1.82) is 0 Å². The molecule has 1 aliphatic rings. The highest BCUT2D eigenvalue weighted by Gasteiger charge is 2.18. The molecule has 0 spiro atoms. The zero-order valence-electron chi connectivity index (χ0n) is 13.3. The predicted molar refractivity (Wildman–Crippen MR) is 94.2 cm³/mol. The van der Waals surface area contributed by atoms with E-state index >= 15 is 0 Å². The fraction of sp³-hybridized carbons (Fsp3) is 0.625. The fourth-order valence-corrected chi connectivity index (χ4v) is 2.27. The SMILES string of the molecule is C[SiH](C)C(C)(C)C.OC[C@H]1Cc2c(Br)cccc2CN1. The molecule has 0 saturated heterocycles. The molecule has 0 unspecified atom stereocenters. The minimum Gasteiger partial charge on any atom is -0.395 e. The first-order valence-electron chi connectivity index (χ1n) is 7.36. The fourth-order valence-electron chi connectivity index (χ4n) is 1.70. The number of rotatable bonds is 1. The number of aliphatic hydroxyl groups is 1. The number of aliphatic hydroxyl groups excluding tert-OH is 1. The molecule has 0 aromatic heterocycles. The maximum absolute atomic E-state index is 9.03. The number of nitrogens with one attached hydrogen (secondary N) is 1. The molecule has 1 aromatic rings. The number of hydrogen-bond donors (Lipinski definition) is 2. The van der Waals surface area contributed by atoms with Crippen LogP contribution in [0.25, 0.3) is 0 Å². The molecule has 0 radical (unpaired) electrons. The van der Waals surface area contributed by atoms with Crippen LogP contribution >= 0.6 is 15.9 Å². The molecule has 0 fully saturated rings. The number of halogens is 1. The van der Waals surface area contributed by atoms with E-state index in [0.29, 0.717) is 5.04 Å². The minimum absolute atomic E-state index is 0.209. The van der Waals surface area contributed by atoms with Gasteiger partial charge in [-0.15, -0.1) is 0 Å². The van der Waals surface area contributed by atoms with Crippen LogP contribution in [0.15, 0.2) is 22.7 Å². The lowest BCUT2D eigenvalue weighted by atomic mass is 9.96. The van der Waals surface area contributed by atoms with Crippen molar-refractivity contribution in [3.05, 3.63) is 33.8 Å². The molecule has 1 aliphatic heterocycles. The summed E-state index contributed by atoms with van der Waals surface area (Å²) >= 11 is 3.53. The summed E-state index contributed by atoms with van der Waals surface area (Å²) < 4.78 is 1.16. The average molecular weight is 358 g/mol. The van der Waals surface area contributed by atoms with Crippen molar-refractivity contribution in [3.63, 3.8) is 0 Å². The lowest BCUT2D eigenvalue weighted by molar-refractivity contribution is 0.235. The summed E-state index contributed by atoms with van der Waals surface area (Å²) in [6, 6.07) is 6.44. The van der Waals surface area contributed by atoms with E-state index in [-0.39, 0.29) is 21.4 Å². The first kappa shape index (κ1) is 17.9. The molecular formula is C16H28BrNOSi. The van der Waals surface area contributed by atoms with E-state index in [2.05, 4.69) is 67.2 Å². The van der Waals surface area contributed by atoms with Crippen LogP contribution in [-0.4, -0.2) is 26.6 Å². The third-order valence-electron chi connectivity index (χ3n) is 4.20. The van der Waals surface area contributed by atoms with Gasteiger partial charge in [0.2, 0.25) is 0 Å². The standard InChI is InChI=1S/C10H12BrNO.C6H16Si/c11-10-3-1-2-7-5-12-8(6-13)4-9(7)10;1-6(2,3)7(4)5/h1-3,8,12-13H,4-6H2;7H,1-5H3/t8-;/m1./s1. The van der Waals surface area contributed by atoms with Gasteiger partial charge in [-0.1, -0.05) is 61.9 Å². The monoisotopic (exact) mass is 357 g/mol. The lowest BCUT2D eigenvalue weighted by Gasteiger charge is -2.25. The molecule has 2 nitrogen and oxygen atoms in total. The Morgan fingerprint density at radius 3 is 2.45 bits per heavy atom. The molecule has 4 heteroatoms. The van der Waals surface area contributed by atoms with Crippen LogP contribution in [0, 0.1) is 0 Å². The number of hydrogen-bond acceptors (Lipinski definition) is 2. The molecule has 20 heavy (non-hydrogen) atoms. The topological polar surface area (TPSA) is 32.3 Å². The van der Waals surface area contributed by atoms with Crippen LogP contribution < -0.4 is 5.32 Å². The van der Waals surface area contributed by atoms with Crippen LogP contribution in [0.2, 0.25) is 18.1 Å². The number of benzene rings is 1. The number of fused-ring (bicyclic) bond motifs is 1. The highest BCUT2D eigenvalue weighted by Crippen LogP contribution is 2.26. The Hall–Kier alpha value is -0.163. The van der Waals surface area contributed by atoms with Crippen LogP contribution in [0.4, 0.5) is 0 Å². The van der Waals surface area contributed by atoms with Gasteiger partial charge in [-0.2, -0.15) is 0 Å². The maximum atomic E-state index is 9.03. The minimum atomic E-state index is -0.359. The first-order chi connectivity index (χ1) is 9.25. The third kappa shape index (κ3) is 5.32. The van der Waals surface area contributed by atoms with Gasteiger partial charge in [-0.05, 0) is 28.7 Å². The van der Waals surface area contributed by atoms with Crippen LogP contribution in [0.5, 0.6) is 0 Å². The van der Waals surface area contributed by atoms with Gasteiger partial charge in [0.25, 0.3) is 0 Å². The normalized spacial score (nSPS) is 18.3. The van der Waals surface area contributed by atoms with E-state index in [1.54, 1.807) is 0 Å². The largest absolute Gasteiger partial charge is 0.395 e. The molecule has 1 heterocycles. The molecule has 1 aromatic carbocycles. The van der Waals surface area contributed by atoms with Crippen molar-refractivity contribution in [2.24, 2.45) is 0 Å². The zero-order valence-corrected chi connectivity index (χ0v) is 16.1. The van der Waals surface area contributed by atoms with Crippen molar-refractivity contribution in [2.75, 3.05) is 6.61 Å². The third-order valence-corrected chi connectivity index (χ3v) is 8.41. The van der Waals surface area contributed by atoms with Crippen LogP contribution in [0.1, 0.15) is 31.9 Å². The zero-order chi connectivity index (χ0) is 15.3. The molecule has 2 N–H and O–H groups in total. The highest BCUT2D eigenvalue weighted by molar-refractivity contribution is 9.10. The van der Waals surface area contributed by atoms with Crippen molar-refractivity contribution >= 4 is 24.7 Å². The molecule has 0 aliphatic carbocycles. The van der Waals surface area contributed by atoms with Gasteiger partial charge < -0.3 is 10.4 Å². The van der Waals surface area contributed by atoms with E-state index < -0.39 is 0 Å². The Morgan fingerprint density at radius 2 is 1.95 bits per heavy atom. The second-order valence-corrected chi connectivity index (χ2v) is 11.8. The second-order valence-electron chi connectivity index (χ2n) is 6.86. The molecular weight excluding hydrogens is 330 g/mol. The smallest absolute Gasteiger partial charge is 0.0587 e. The summed E-state index contributed by atoms with van der Waals surface area (Å²) in [5.41, 5.74) is 2.67. The molecule has 2 rings (SSSR count). The Labute approximate surface area is 133 Å². The second kappa shape index (κ2) is 7.73. The van der Waals surface area contributed by atoms with E-state index in [1.807, 2.05) is 6.07 Å². The van der Waals surface area contributed by atoms with Gasteiger partial charge in [0.05, 0.1) is 6.61 Å². The Balaban J connectivity index is 0.000000246. The Morgan fingerprint density at radius 1 is 1.35 bits per heavy atom.